The summed E-state index contributed by atoms with van der Waals surface area (Å²) in [4.78, 5) is 25.4. The van der Waals surface area contributed by atoms with Crippen LogP contribution in [-0.4, -0.2) is 50.4 Å². The Hall–Kier alpha value is -1.77. The number of aliphatic hydroxyl groups is 1. The summed E-state index contributed by atoms with van der Waals surface area (Å²) in [6.45, 7) is -0.0157. The van der Waals surface area contributed by atoms with E-state index in [0.29, 0.717) is 16.9 Å². The molecule has 1 aromatic carbocycles. The van der Waals surface area contributed by atoms with Crippen LogP contribution < -0.4 is 0 Å². The number of amides is 2. The van der Waals surface area contributed by atoms with E-state index >= 15 is 0 Å². The number of fused-ring (bicyclic) bond motifs is 1. The van der Waals surface area contributed by atoms with Crippen molar-refractivity contribution in [1.82, 2.24) is 15.1 Å². The molecule has 6 nitrogen and oxygen atoms in total. The molecule has 1 N–H and O–H groups in total. The van der Waals surface area contributed by atoms with Gasteiger partial charge in [-0.3, -0.25) is 14.5 Å². The van der Waals surface area contributed by atoms with Gasteiger partial charge in [0.2, 0.25) is 0 Å². The molecule has 1 aliphatic heterocycles. The Kier molecular flexibility index (Phi) is 4.00. The fraction of sp³-hybridized carbons (Fsp3) is 0.231. The van der Waals surface area contributed by atoms with Gasteiger partial charge in [0.1, 0.15) is 5.51 Å². The highest BCUT2D eigenvalue weighted by Crippen LogP contribution is 2.24. The second kappa shape index (κ2) is 5.92. The minimum atomic E-state index is -0.805. The number of aliphatic hydroxyl groups excluding tert-OH is 1. The highest BCUT2D eigenvalue weighted by atomic mass is 32.2. The number of carbonyl (C=O) groups is 2. The van der Waals surface area contributed by atoms with E-state index in [9.17, 15) is 14.7 Å². The molecule has 108 valence electrons. The Morgan fingerprint density at radius 2 is 1.90 bits per heavy atom. The van der Waals surface area contributed by atoms with E-state index in [1.54, 1.807) is 29.8 Å². The van der Waals surface area contributed by atoms with Crippen LogP contribution in [0.25, 0.3) is 0 Å². The maximum atomic E-state index is 12.1. The van der Waals surface area contributed by atoms with Gasteiger partial charge in [-0.1, -0.05) is 35.2 Å². The van der Waals surface area contributed by atoms with Gasteiger partial charge in [-0.05, 0) is 12.1 Å². The molecule has 1 aliphatic rings. The minimum Gasteiger partial charge on any atom is -0.390 e. The second-order valence-electron chi connectivity index (χ2n) is 4.44. The average molecular weight is 321 g/mol. The monoisotopic (exact) mass is 321 g/mol. The number of hydrogen-bond acceptors (Lipinski definition) is 7. The molecule has 1 aromatic heterocycles. The molecule has 2 heterocycles. The zero-order valence-corrected chi connectivity index (χ0v) is 12.4. The average Bonchev–Trinajstić information content (AvgIpc) is 3.09. The highest BCUT2D eigenvalue weighted by Gasteiger charge is 2.36. The Balaban J connectivity index is 1.63. The SMILES string of the molecule is O=C1c2ccccc2C(=O)N1CC(O)CSc1nncs1. The van der Waals surface area contributed by atoms with Crippen molar-refractivity contribution in [2.45, 2.75) is 10.4 Å². The molecule has 0 saturated heterocycles. The van der Waals surface area contributed by atoms with Crippen molar-refractivity contribution in [3.63, 3.8) is 0 Å². The molecule has 2 amide bonds. The summed E-state index contributed by atoms with van der Waals surface area (Å²) in [5.41, 5.74) is 2.40. The maximum absolute atomic E-state index is 12.1. The molecule has 0 bridgehead atoms. The van der Waals surface area contributed by atoms with Gasteiger partial charge in [-0.15, -0.1) is 10.2 Å². The van der Waals surface area contributed by atoms with Gasteiger partial charge in [0.15, 0.2) is 4.34 Å². The lowest BCUT2D eigenvalue weighted by molar-refractivity contribution is 0.0567. The van der Waals surface area contributed by atoms with E-state index < -0.39 is 6.10 Å². The number of rotatable bonds is 5. The topological polar surface area (TPSA) is 83.4 Å². The van der Waals surface area contributed by atoms with Gasteiger partial charge in [0.25, 0.3) is 11.8 Å². The molecule has 3 rings (SSSR count). The lowest BCUT2D eigenvalue weighted by Crippen LogP contribution is -2.37. The van der Waals surface area contributed by atoms with Gasteiger partial charge in [0.05, 0.1) is 23.8 Å². The van der Waals surface area contributed by atoms with Gasteiger partial charge in [-0.2, -0.15) is 0 Å². The van der Waals surface area contributed by atoms with Crippen molar-refractivity contribution in [2.75, 3.05) is 12.3 Å². The Bertz CT molecular complexity index is 640. The molecule has 0 saturated carbocycles. The minimum absolute atomic E-state index is 0.0157. The Labute approximate surface area is 128 Å². The van der Waals surface area contributed by atoms with Gasteiger partial charge in [0, 0.05) is 5.75 Å². The van der Waals surface area contributed by atoms with Crippen LogP contribution in [0.4, 0.5) is 0 Å². The lowest BCUT2D eigenvalue weighted by atomic mass is 10.1. The quantitative estimate of drug-likeness (QED) is 0.660. The molecule has 0 aliphatic carbocycles. The molecule has 0 radical (unpaired) electrons. The van der Waals surface area contributed by atoms with Crippen LogP contribution >= 0.6 is 23.1 Å². The van der Waals surface area contributed by atoms with E-state index in [0.717, 1.165) is 9.24 Å². The Morgan fingerprint density at radius 1 is 1.24 bits per heavy atom. The molecule has 1 unspecified atom stereocenters. The Morgan fingerprint density at radius 3 is 2.48 bits per heavy atom. The summed E-state index contributed by atoms with van der Waals surface area (Å²) in [6, 6.07) is 6.68. The molecular weight excluding hydrogens is 310 g/mol. The van der Waals surface area contributed by atoms with E-state index in [1.807, 2.05) is 0 Å². The van der Waals surface area contributed by atoms with Crippen molar-refractivity contribution < 1.29 is 14.7 Å². The molecule has 2 aromatic rings. The number of thioether (sulfide) groups is 1. The van der Waals surface area contributed by atoms with Gasteiger partial charge < -0.3 is 5.11 Å². The summed E-state index contributed by atoms with van der Waals surface area (Å²) in [7, 11) is 0. The number of aromatic nitrogens is 2. The van der Waals surface area contributed by atoms with E-state index in [-0.39, 0.29) is 18.4 Å². The van der Waals surface area contributed by atoms with Crippen molar-refractivity contribution >= 4 is 34.9 Å². The number of nitrogens with zero attached hydrogens (tertiary/aromatic N) is 3. The normalized spacial score (nSPS) is 15.4. The predicted molar refractivity (Wildman–Crippen MR) is 78.4 cm³/mol. The molecular formula is C13H11N3O3S2. The number of hydrogen-bond donors (Lipinski definition) is 1. The van der Waals surface area contributed by atoms with Crippen LogP contribution in [-0.2, 0) is 0 Å². The highest BCUT2D eigenvalue weighted by molar-refractivity contribution is 8.01. The molecule has 1 atom stereocenters. The summed E-state index contributed by atoms with van der Waals surface area (Å²) < 4.78 is 0.747. The predicted octanol–water partition coefficient (Wildman–Crippen LogP) is 1.29. The van der Waals surface area contributed by atoms with Gasteiger partial charge in [-0.25, -0.2) is 0 Å². The summed E-state index contributed by atoms with van der Waals surface area (Å²) in [5.74, 6) is -0.353. The van der Waals surface area contributed by atoms with Crippen molar-refractivity contribution in [3.05, 3.63) is 40.9 Å². The molecule has 0 spiro atoms. The first-order valence-electron chi connectivity index (χ1n) is 6.19. The van der Waals surface area contributed by atoms with Crippen LogP contribution in [0.2, 0.25) is 0 Å². The van der Waals surface area contributed by atoms with Gasteiger partial charge >= 0.3 is 0 Å². The van der Waals surface area contributed by atoms with Crippen LogP contribution in [0.15, 0.2) is 34.1 Å². The van der Waals surface area contributed by atoms with Crippen LogP contribution in [0.3, 0.4) is 0 Å². The smallest absolute Gasteiger partial charge is 0.261 e. The molecule has 21 heavy (non-hydrogen) atoms. The van der Waals surface area contributed by atoms with E-state index in [1.165, 1.54) is 23.1 Å². The first-order valence-corrected chi connectivity index (χ1v) is 8.05. The second-order valence-corrected chi connectivity index (χ2v) is 6.54. The lowest BCUT2D eigenvalue weighted by Gasteiger charge is -2.17. The summed E-state index contributed by atoms with van der Waals surface area (Å²) in [5, 5.41) is 17.6. The number of β-amino-alcohol motifs (C(OH)–C–C–N with tert-alkyl or cyclic N) is 1. The third kappa shape index (κ3) is 2.82. The van der Waals surface area contributed by atoms with E-state index in [4.69, 9.17) is 0 Å². The largest absolute Gasteiger partial charge is 0.390 e. The summed E-state index contributed by atoms with van der Waals surface area (Å²) >= 11 is 2.73. The van der Waals surface area contributed by atoms with Crippen molar-refractivity contribution in [1.29, 1.82) is 0 Å². The third-order valence-electron chi connectivity index (χ3n) is 3.01. The van der Waals surface area contributed by atoms with E-state index in [2.05, 4.69) is 10.2 Å². The fourth-order valence-electron chi connectivity index (χ4n) is 2.06. The zero-order valence-electron chi connectivity index (χ0n) is 10.8. The summed E-state index contributed by atoms with van der Waals surface area (Å²) in [6.07, 6.45) is -0.805. The van der Waals surface area contributed by atoms with Crippen LogP contribution in [0.1, 0.15) is 20.7 Å². The third-order valence-corrected chi connectivity index (χ3v) is 5.02. The van der Waals surface area contributed by atoms with Crippen molar-refractivity contribution in [2.24, 2.45) is 0 Å². The fourth-order valence-corrected chi connectivity index (χ4v) is 3.49. The standard InChI is InChI=1S/C13H11N3O3S2/c17-8(6-20-13-15-14-7-21-13)5-16-11(18)9-3-1-2-4-10(9)12(16)19/h1-4,7-8,17H,5-6H2. The number of carbonyl (C=O) groups excluding carboxylic acids is 2. The first-order chi connectivity index (χ1) is 10.2. The first kappa shape index (κ1) is 14.2. The maximum Gasteiger partial charge on any atom is 0.261 e. The molecule has 0 fully saturated rings. The number of imide groups is 1. The zero-order chi connectivity index (χ0) is 14.8. The van der Waals surface area contributed by atoms with Crippen LogP contribution in [0, 0.1) is 0 Å². The number of benzene rings is 1. The molecule has 8 heteroatoms. The van der Waals surface area contributed by atoms with Crippen LogP contribution in [0.5, 0.6) is 0 Å². The van der Waals surface area contributed by atoms with Crippen molar-refractivity contribution in [3.8, 4) is 0 Å².